The zero-order valence-electron chi connectivity index (χ0n) is 15.5. The standard InChI is InChI=1S/C21H26N2O3/c1-17-3-5-18(6-4-17)21(24)23-13-11-22(12-14-23)15-16-26-20-9-7-19(25-2)8-10-20/h3-10H,11-16H2,1-2H3. The summed E-state index contributed by atoms with van der Waals surface area (Å²) in [6, 6.07) is 15.4. The highest BCUT2D eigenvalue weighted by molar-refractivity contribution is 5.94. The first-order valence-electron chi connectivity index (χ1n) is 9.01. The molecular weight excluding hydrogens is 328 g/mol. The van der Waals surface area contributed by atoms with Crippen LogP contribution in [0.15, 0.2) is 48.5 Å². The summed E-state index contributed by atoms with van der Waals surface area (Å²) in [6.45, 7) is 6.80. The van der Waals surface area contributed by atoms with Crippen molar-refractivity contribution in [2.45, 2.75) is 6.92 Å². The topological polar surface area (TPSA) is 42.0 Å². The van der Waals surface area contributed by atoms with Crippen LogP contribution >= 0.6 is 0 Å². The van der Waals surface area contributed by atoms with Crippen LogP contribution in [0.2, 0.25) is 0 Å². The van der Waals surface area contributed by atoms with E-state index in [1.807, 2.05) is 60.4 Å². The van der Waals surface area contributed by atoms with Crippen molar-refractivity contribution in [3.8, 4) is 11.5 Å². The lowest BCUT2D eigenvalue weighted by Crippen LogP contribution is -2.49. The molecule has 0 spiro atoms. The lowest BCUT2D eigenvalue weighted by Gasteiger charge is -2.34. The molecule has 2 aromatic rings. The average Bonchev–Trinajstić information content (AvgIpc) is 2.69. The third-order valence-corrected chi connectivity index (χ3v) is 4.69. The Hall–Kier alpha value is -2.53. The molecule has 1 heterocycles. The van der Waals surface area contributed by atoms with Gasteiger partial charge in [-0.25, -0.2) is 0 Å². The van der Waals surface area contributed by atoms with Gasteiger partial charge in [0.2, 0.25) is 0 Å². The Balaban J connectivity index is 1.40. The van der Waals surface area contributed by atoms with Crippen molar-refractivity contribution in [1.82, 2.24) is 9.80 Å². The van der Waals surface area contributed by atoms with Gasteiger partial charge in [-0.05, 0) is 43.3 Å². The van der Waals surface area contributed by atoms with Crippen LogP contribution in [0.4, 0.5) is 0 Å². The smallest absolute Gasteiger partial charge is 0.253 e. The van der Waals surface area contributed by atoms with E-state index in [0.717, 1.165) is 49.8 Å². The number of ether oxygens (including phenoxy) is 2. The molecule has 0 atom stereocenters. The summed E-state index contributed by atoms with van der Waals surface area (Å²) in [5.41, 5.74) is 1.94. The molecule has 0 saturated carbocycles. The van der Waals surface area contributed by atoms with Gasteiger partial charge < -0.3 is 14.4 Å². The van der Waals surface area contributed by atoms with Gasteiger partial charge in [0, 0.05) is 38.3 Å². The number of benzene rings is 2. The van der Waals surface area contributed by atoms with Crippen LogP contribution in [0.3, 0.4) is 0 Å². The van der Waals surface area contributed by atoms with Crippen molar-refractivity contribution in [2.24, 2.45) is 0 Å². The normalized spacial score (nSPS) is 14.9. The second-order valence-electron chi connectivity index (χ2n) is 6.52. The molecule has 0 N–H and O–H groups in total. The van der Waals surface area contributed by atoms with E-state index in [1.54, 1.807) is 7.11 Å². The number of nitrogens with zero attached hydrogens (tertiary/aromatic N) is 2. The van der Waals surface area contributed by atoms with E-state index in [1.165, 1.54) is 5.56 Å². The first kappa shape index (κ1) is 18.3. The Kier molecular flexibility index (Phi) is 6.12. The molecule has 1 aliphatic rings. The van der Waals surface area contributed by atoms with Gasteiger partial charge in [-0.2, -0.15) is 0 Å². The third kappa shape index (κ3) is 4.76. The predicted octanol–water partition coefficient (Wildman–Crippen LogP) is 2.84. The van der Waals surface area contributed by atoms with E-state index in [-0.39, 0.29) is 5.91 Å². The SMILES string of the molecule is COc1ccc(OCCN2CCN(C(=O)c3ccc(C)cc3)CC2)cc1. The molecule has 0 radical (unpaired) electrons. The number of piperazine rings is 1. The predicted molar refractivity (Wildman–Crippen MR) is 102 cm³/mol. The van der Waals surface area contributed by atoms with Crippen molar-refractivity contribution in [3.05, 3.63) is 59.7 Å². The minimum atomic E-state index is 0.124. The Morgan fingerprint density at radius 2 is 1.54 bits per heavy atom. The molecule has 0 unspecified atom stereocenters. The lowest BCUT2D eigenvalue weighted by atomic mass is 10.1. The van der Waals surface area contributed by atoms with E-state index in [4.69, 9.17) is 9.47 Å². The molecule has 0 aromatic heterocycles. The number of carbonyl (C=O) groups excluding carboxylic acids is 1. The molecule has 1 aliphatic heterocycles. The highest BCUT2D eigenvalue weighted by Gasteiger charge is 2.21. The largest absolute Gasteiger partial charge is 0.497 e. The van der Waals surface area contributed by atoms with Gasteiger partial charge >= 0.3 is 0 Å². The van der Waals surface area contributed by atoms with Crippen LogP contribution in [0.25, 0.3) is 0 Å². The molecule has 0 bridgehead atoms. The minimum absolute atomic E-state index is 0.124. The maximum atomic E-state index is 12.5. The number of hydrogen-bond donors (Lipinski definition) is 0. The number of methoxy groups -OCH3 is 1. The van der Waals surface area contributed by atoms with Crippen LogP contribution in [0.5, 0.6) is 11.5 Å². The fourth-order valence-corrected chi connectivity index (χ4v) is 3.02. The summed E-state index contributed by atoms with van der Waals surface area (Å²) < 4.78 is 10.9. The van der Waals surface area contributed by atoms with E-state index < -0.39 is 0 Å². The summed E-state index contributed by atoms with van der Waals surface area (Å²) in [4.78, 5) is 16.8. The Labute approximate surface area is 155 Å². The van der Waals surface area contributed by atoms with E-state index in [2.05, 4.69) is 4.90 Å². The number of carbonyl (C=O) groups is 1. The fourth-order valence-electron chi connectivity index (χ4n) is 3.02. The van der Waals surface area contributed by atoms with Crippen molar-refractivity contribution in [3.63, 3.8) is 0 Å². The quantitative estimate of drug-likeness (QED) is 0.800. The molecule has 26 heavy (non-hydrogen) atoms. The average molecular weight is 354 g/mol. The minimum Gasteiger partial charge on any atom is -0.497 e. The summed E-state index contributed by atoms with van der Waals surface area (Å²) in [7, 11) is 1.65. The van der Waals surface area contributed by atoms with Crippen LogP contribution in [-0.4, -0.2) is 62.1 Å². The third-order valence-electron chi connectivity index (χ3n) is 4.69. The molecule has 5 heteroatoms. The number of hydrogen-bond acceptors (Lipinski definition) is 4. The van der Waals surface area contributed by atoms with Crippen molar-refractivity contribution >= 4 is 5.91 Å². The summed E-state index contributed by atoms with van der Waals surface area (Å²) in [5.74, 6) is 1.80. The molecule has 1 amide bonds. The number of amides is 1. The van der Waals surface area contributed by atoms with Gasteiger partial charge in [0.25, 0.3) is 5.91 Å². The number of aryl methyl sites for hydroxylation is 1. The Morgan fingerprint density at radius 1 is 0.923 bits per heavy atom. The van der Waals surface area contributed by atoms with E-state index >= 15 is 0 Å². The van der Waals surface area contributed by atoms with Gasteiger partial charge in [-0.1, -0.05) is 17.7 Å². The fraction of sp³-hybridized carbons (Fsp3) is 0.381. The Bertz CT molecular complexity index is 705. The van der Waals surface area contributed by atoms with Crippen LogP contribution in [-0.2, 0) is 0 Å². The van der Waals surface area contributed by atoms with Crippen molar-refractivity contribution in [2.75, 3.05) is 46.4 Å². The monoisotopic (exact) mass is 354 g/mol. The summed E-state index contributed by atoms with van der Waals surface area (Å²) in [6.07, 6.45) is 0. The molecular formula is C21H26N2O3. The molecule has 1 saturated heterocycles. The van der Waals surface area contributed by atoms with Gasteiger partial charge in [0.15, 0.2) is 0 Å². The first-order chi connectivity index (χ1) is 12.7. The van der Waals surface area contributed by atoms with Gasteiger partial charge in [-0.15, -0.1) is 0 Å². The maximum absolute atomic E-state index is 12.5. The van der Waals surface area contributed by atoms with Gasteiger partial charge in [-0.3, -0.25) is 9.69 Å². The van der Waals surface area contributed by atoms with Crippen LogP contribution in [0, 0.1) is 6.92 Å². The first-order valence-corrected chi connectivity index (χ1v) is 9.01. The van der Waals surface area contributed by atoms with Gasteiger partial charge in [0.1, 0.15) is 18.1 Å². The van der Waals surface area contributed by atoms with E-state index in [0.29, 0.717) is 6.61 Å². The van der Waals surface area contributed by atoms with Crippen LogP contribution in [0.1, 0.15) is 15.9 Å². The molecule has 5 nitrogen and oxygen atoms in total. The van der Waals surface area contributed by atoms with E-state index in [9.17, 15) is 4.79 Å². The van der Waals surface area contributed by atoms with Crippen LogP contribution < -0.4 is 9.47 Å². The second-order valence-corrected chi connectivity index (χ2v) is 6.52. The summed E-state index contributed by atoms with van der Waals surface area (Å²) in [5, 5.41) is 0. The zero-order valence-corrected chi connectivity index (χ0v) is 15.5. The number of rotatable bonds is 6. The highest BCUT2D eigenvalue weighted by Crippen LogP contribution is 2.17. The molecule has 1 fully saturated rings. The molecule has 3 rings (SSSR count). The highest BCUT2D eigenvalue weighted by atomic mass is 16.5. The zero-order chi connectivity index (χ0) is 18.4. The summed E-state index contributed by atoms with van der Waals surface area (Å²) >= 11 is 0. The molecule has 0 aliphatic carbocycles. The van der Waals surface area contributed by atoms with Crippen molar-refractivity contribution in [1.29, 1.82) is 0 Å². The van der Waals surface area contributed by atoms with Gasteiger partial charge in [0.05, 0.1) is 7.11 Å². The second kappa shape index (κ2) is 8.72. The molecule has 2 aromatic carbocycles. The lowest BCUT2D eigenvalue weighted by molar-refractivity contribution is 0.0620. The van der Waals surface area contributed by atoms with Crippen molar-refractivity contribution < 1.29 is 14.3 Å². The Morgan fingerprint density at radius 3 is 2.15 bits per heavy atom. The maximum Gasteiger partial charge on any atom is 0.253 e. The molecule has 138 valence electrons.